The molecule has 0 radical (unpaired) electrons. The number of thiol groups is 1. The van der Waals surface area contributed by atoms with Gasteiger partial charge in [0.15, 0.2) is 11.1 Å². The molecular weight excluding hydrogens is 240 g/mol. The third-order valence-electron chi connectivity index (χ3n) is 2.27. The summed E-state index contributed by atoms with van der Waals surface area (Å²) in [6.45, 7) is 0. The Bertz CT molecular complexity index is 538. The summed E-state index contributed by atoms with van der Waals surface area (Å²) in [7, 11) is 0. The monoisotopic (exact) mass is 250 g/mol. The van der Waals surface area contributed by atoms with E-state index in [0.29, 0.717) is 4.90 Å². The predicted octanol–water partition coefficient (Wildman–Crippen LogP) is 3.22. The van der Waals surface area contributed by atoms with Crippen LogP contribution in [0.1, 0.15) is 0 Å². The zero-order valence-corrected chi connectivity index (χ0v) is 10.0. The van der Waals surface area contributed by atoms with Gasteiger partial charge >= 0.3 is 0 Å². The molecule has 16 heavy (non-hydrogen) atoms. The van der Waals surface area contributed by atoms with Crippen molar-refractivity contribution in [2.75, 3.05) is 0 Å². The Morgan fingerprint density at radius 2 is 1.50 bits per heavy atom. The molecule has 0 aliphatic heterocycles. The Labute approximate surface area is 102 Å². The van der Waals surface area contributed by atoms with Gasteiger partial charge in [-0.15, -0.1) is 12.6 Å². The minimum Gasteiger partial charge on any atom is -0.302 e. The first-order valence-electron chi connectivity index (χ1n) is 4.68. The highest BCUT2D eigenvalue weighted by Gasteiger charge is 2.10. The van der Waals surface area contributed by atoms with Crippen molar-refractivity contribution in [2.45, 2.75) is 9.79 Å². The van der Waals surface area contributed by atoms with E-state index in [1.807, 2.05) is 36.4 Å². The van der Waals surface area contributed by atoms with Crippen LogP contribution in [0.3, 0.4) is 0 Å². The van der Waals surface area contributed by atoms with Crippen LogP contribution in [0.4, 0.5) is 0 Å². The van der Waals surface area contributed by atoms with Gasteiger partial charge in [0.05, 0.1) is 4.90 Å². The van der Waals surface area contributed by atoms with E-state index in [-0.39, 0.29) is 0 Å². The van der Waals surface area contributed by atoms with Crippen LogP contribution in [0.25, 0.3) is 11.1 Å². The molecule has 0 bridgehead atoms. The molecule has 2 aromatic rings. The Hall–Kier alpha value is -1.10. The number of hydrogen-bond donors (Lipinski definition) is 2. The molecule has 0 aliphatic rings. The number of rotatable bonds is 2. The third kappa shape index (κ3) is 2.19. The van der Waals surface area contributed by atoms with Crippen LogP contribution in [-0.2, 0) is 11.1 Å². The Kier molecular flexibility index (Phi) is 3.43. The summed E-state index contributed by atoms with van der Waals surface area (Å²) < 4.78 is 20.4. The van der Waals surface area contributed by atoms with E-state index in [4.69, 9.17) is 0 Å². The summed E-state index contributed by atoms with van der Waals surface area (Å²) in [5.41, 5.74) is 1.61. The highest BCUT2D eigenvalue weighted by molar-refractivity contribution is 7.80. The van der Waals surface area contributed by atoms with E-state index < -0.39 is 11.1 Å². The molecule has 2 rings (SSSR count). The topological polar surface area (TPSA) is 37.3 Å². The fraction of sp³-hybridized carbons (Fsp3) is 0. The fourth-order valence-electron chi connectivity index (χ4n) is 1.54. The molecule has 0 fully saturated rings. The normalized spacial score (nSPS) is 12.4. The highest BCUT2D eigenvalue weighted by Crippen LogP contribution is 2.30. The molecule has 1 atom stereocenters. The average molecular weight is 250 g/mol. The predicted molar refractivity (Wildman–Crippen MR) is 68.2 cm³/mol. The SMILES string of the molecule is O=S(O)c1ccccc1-c1ccccc1S. The van der Waals surface area contributed by atoms with Gasteiger partial charge in [0.2, 0.25) is 0 Å². The molecule has 0 heterocycles. The molecule has 0 aromatic heterocycles. The first-order chi connectivity index (χ1) is 7.70. The summed E-state index contributed by atoms with van der Waals surface area (Å²) in [6.07, 6.45) is 0. The second-order valence-electron chi connectivity index (χ2n) is 3.26. The summed E-state index contributed by atoms with van der Waals surface area (Å²) in [6, 6.07) is 14.5. The largest absolute Gasteiger partial charge is 0.302 e. The Morgan fingerprint density at radius 3 is 2.12 bits per heavy atom. The molecule has 4 heteroatoms. The first-order valence-corrected chi connectivity index (χ1v) is 6.24. The van der Waals surface area contributed by atoms with E-state index in [0.717, 1.165) is 16.0 Å². The molecule has 1 unspecified atom stereocenters. The van der Waals surface area contributed by atoms with Gasteiger partial charge in [0, 0.05) is 10.5 Å². The maximum Gasteiger partial charge on any atom is 0.187 e. The van der Waals surface area contributed by atoms with Crippen LogP contribution in [0.15, 0.2) is 58.3 Å². The quantitative estimate of drug-likeness (QED) is 0.634. The number of hydrogen-bond acceptors (Lipinski definition) is 2. The zero-order chi connectivity index (χ0) is 11.5. The standard InChI is InChI=1S/C12H10O2S2/c13-16(14)12-8-4-2-6-10(12)9-5-1-3-7-11(9)15/h1-8,15H,(H,13,14). The van der Waals surface area contributed by atoms with Crippen molar-refractivity contribution in [3.63, 3.8) is 0 Å². The van der Waals surface area contributed by atoms with Gasteiger partial charge < -0.3 is 4.55 Å². The van der Waals surface area contributed by atoms with Gasteiger partial charge in [-0.05, 0) is 17.7 Å². The third-order valence-corrected chi connectivity index (χ3v) is 3.39. The molecule has 0 spiro atoms. The fourth-order valence-corrected chi connectivity index (χ4v) is 2.38. The lowest BCUT2D eigenvalue weighted by atomic mass is 10.1. The first kappa shape index (κ1) is 11.4. The summed E-state index contributed by atoms with van der Waals surface area (Å²) >= 11 is 2.36. The summed E-state index contributed by atoms with van der Waals surface area (Å²) in [4.78, 5) is 1.20. The molecule has 82 valence electrons. The van der Waals surface area contributed by atoms with Crippen molar-refractivity contribution >= 4 is 23.7 Å². The molecule has 0 aliphatic carbocycles. The van der Waals surface area contributed by atoms with Gasteiger partial charge in [-0.2, -0.15) is 0 Å². The zero-order valence-electron chi connectivity index (χ0n) is 8.33. The number of benzene rings is 2. The van der Waals surface area contributed by atoms with E-state index in [9.17, 15) is 8.76 Å². The van der Waals surface area contributed by atoms with Crippen molar-refractivity contribution in [1.29, 1.82) is 0 Å². The molecule has 0 amide bonds. The maximum absolute atomic E-state index is 11.2. The van der Waals surface area contributed by atoms with Crippen molar-refractivity contribution in [3.05, 3.63) is 48.5 Å². The van der Waals surface area contributed by atoms with Crippen molar-refractivity contribution in [1.82, 2.24) is 0 Å². The van der Waals surface area contributed by atoms with Crippen LogP contribution < -0.4 is 0 Å². The van der Waals surface area contributed by atoms with E-state index in [2.05, 4.69) is 12.6 Å². The minimum absolute atomic E-state index is 0.406. The van der Waals surface area contributed by atoms with Crippen LogP contribution in [0.5, 0.6) is 0 Å². The molecule has 0 saturated carbocycles. The molecule has 1 N–H and O–H groups in total. The van der Waals surface area contributed by atoms with E-state index in [1.54, 1.807) is 12.1 Å². The van der Waals surface area contributed by atoms with E-state index >= 15 is 0 Å². The summed E-state index contributed by atoms with van der Waals surface area (Å²) in [5, 5.41) is 0. The van der Waals surface area contributed by atoms with E-state index in [1.165, 1.54) is 0 Å². The summed E-state index contributed by atoms with van der Waals surface area (Å²) in [5.74, 6) is 0. The van der Waals surface area contributed by atoms with Gasteiger partial charge in [0.25, 0.3) is 0 Å². The lowest BCUT2D eigenvalue weighted by Gasteiger charge is -2.08. The Balaban J connectivity index is 2.65. The Morgan fingerprint density at radius 1 is 0.938 bits per heavy atom. The second-order valence-corrected chi connectivity index (χ2v) is 4.68. The van der Waals surface area contributed by atoms with Crippen LogP contribution >= 0.6 is 12.6 Å². The lowest BCUT2D eigenvalue weighted by Crippen LogP contribution is -1.92. The highest BCUT2D eigenvalue weighted by atomic mass is 32.2. The van der Waals surface area contributed by atoms with Crippen molar-refractivity contribution in [2.24, 2.45) is 0 Å². The van der Waals surface area contributed by atoms with Gasteiger partial charge in [-0.1, -0.05) is 36.4 Å². The van der Waals surface area contributed by atoms with Crippen LogP contribution in [0.2, 0.25) is 0 Å². The van der Waals surface area contributed by atoms with Crippen LogP contribution in [-0.4, -0.2) is 8.76 Å². The molecule has 0 saturated heterocycles. The van der Waals surface area contributed by atoms with Gasteiger partial charge in [-0.3, -0.25) is 0 Å². The van der Waals surface area contributed by atoms with Crippen LogP contribution in [0, 0.1) is 0 Å². The molecule has 2 nitrogen and oxygen atoms in total. The maximum atomic E-state index is 11.2. The lowest BCUT2D eigenvalue weighted by molar-refractivity contribution is 0.564. The molecular formula is C12H10O2S2. The smallest absolute Gasteiger partial charge is 0.187 e. The minimum atomic E-state index is -1.98. The second kappa shape index (κ2) is 4.82. The van der Waals surface area contributed by atoms with Crippen molar-refractivity contribution in [3.8, 4) is 11.1 Å². The molecule has 2 aromatic carbocycles. The van der Waals surface area contributed by atoms with Crippen molar-refractivity contribution < 1.29 is 8.76 Å². The van der Waals surface area contributed by atoms with Gasteiger partial charge in [-0.25, -0.2) is 4.21 Å². The van der Waals surface area contributed by atoms with Gasteiger partial charge in [0.1, 0.15) is 0 Å². The average Bonchev–Trinajstić information content (AvgIpc) is 2.29.